The molecule has 6 nitrogen and oxygen atoms in total. The molecule has 6 heteroatoms. The van der Waals surface area contributed by atoms with Crippen molar-refractivity contribution in [2.24, 2.45) is 11.3 Å². The van der Waals surface area contributed by atoms with E-state index in [1.807, 2.05) is 4.90 Å². The van der Waals surface area contributed by atoms with Gasteiger partial charge in [-0.05, 0) is 31.1 Å². The number of nitrogens with zero attached hydrogens (tertiary/aromatic N) is 1. The van der Waals surface area contributed by atoms with Crippen LogP contribution in [-0.2, 0) is 9.53 Å². The Kier molecular flexibility index (Phi) is 4.06. The Balaban J connectivity index is 1.51. The molecule has 2 heterocycles. The molecule has 2 N–H and O–H groups in total. The van der Waals surface area contributed by atoms with Crippen LogP contribution in [-0.4, -0.2) is 54.4 Å². The molecule has 2 saturated heterocycles. The SMILES string of the molecule is O=C(O)C1COCC1NC(=O)N1CCC2(CCCC2)CC1. The zero-order valence-electron chi connectivity index (χ0n) is 12.3. The predicted octanol–water partition coefficient (Wildman–Crippen LogP) is 1.45. The molecule has 0 radical (unpaired) electrons. The van der Waals surface area contributed by atoms with E-state index in [0.717, 1.165) is 25.9 Å². The monoisotopic (exact) mass is 296 g/mol. The summed E-state index contributed by atoms with van der Waals surface area (Å²) in [6.07, 6.45) is 7.44. The molecule has 1 aliphatic carbocycles. The van der Waals surface area contributed by atoms with Crippen LogP contribution >= 0.6 is 0 Å². The maximum absolute atomic E-state index is 12.3. The van der Waals surface area contributed by atoms with Crippen molar-refractivity contribution in [1.29, 1.82) is 0 Å². The van der Waals surface area contributed by atoms with Crippen molar-refractivity contribution in [3.05, 3.63) is 0 Å². The number of hydrogen-bond acceptors (Lipinski definition) is 3. The van der Waals surface area contributed by atoms with Crippen LogP contribution in [0.2, 0.25) is 0 Å². The predicted molar refractivity (Wildman–Crippen MR) is 76.0 cm³/mol. The normalized spacial score (nSPS) is 31.5. The summed E-state index contributed by atoms with van der Waals surface area (Å²) in [6.45, 7) is 2.05. The van der Waals surface area contributed by atoms with Crippen LogP contribution in [0, 0.1) is 11.3 Å². The van der Waals surface area contributed by atoms with Gasteiger partial charge in [-0.1, -0.05) is 12.8 Å². The number of amides is 2. The number of aliphatic carboxylic acids is 1. The van der Waals surface area contributed by atoms with E-state index in [-0.39, 0.29) is 12.6 Å². The second-order valence-electron chi connectivity index (χ2n) is 6.73. The molecule has 2 aliphatic heterocycles. The van der Waals surface area contributed by atoms with Crippen LogP contribution in [0.4, 0.5) is 4.79 Å². The van der Waals surface area contributed by atoms with Crippen LogP contribution in [0.1, 0.15) is 38.5 Å². The van der Waals surface area contributed by atoms with Gasteiger partial charge in [-0.15, -0.1) is 0 Å². The van der Waals surface area contributed by atoms with E-state index in [4.69, 9.17) is 9.84 Å². The van der Waals surface area contributed by atoms with E-state index in [1.54, 1.807) is 0 Å². The molecule has 2 atom stereocenters. The summed E-state index contributed by atoms with van der Waals surface area (Å²) >= 11 is 0. The molecule has 118 valence electrons. The number of rotatable bonds is 2. The summed E-state index contributed by atoms with van der Waals surface area (Å²) in [4.78, 5) is 25.2. The average Bonchev–Trinajstić information content (AvgIpc) is 3.09. The van der Waals surface area contributed by atoms with Crippen molar-refractivity contribution < 1.29 is 19.4 Å². The lowest BCUT2D eigenvalue weighted by Crippen LogP contribution is -2.52. The molecule has 0 bridgehead atoms. The first-order chi connectivity index (χ1) is 10.1. The molecule has 0 aromatic rings. The van der Waals surface area contributed by atoms with Crippen LogP contribution in [0.25, 0.3) is 0 Å². The minimum Gasteiger partial charge on any atom is -0.481 e. The fraction of sp³-hybridized carbons (Fsp3) is 0.867. The summed E-state index contributed by atoms with van der Waals surface area (Å²) in [5.74, 6) is -1.53. The topological polar surface area (TPSA) is 78.9 Å². The number of likely N-dealkylation sites (tertiary alicyclic amines) is 1. The summed E-state index contributed by atoms with van der Waals surface area (Å²) in [5.41, 5.74) is 0.483. The van der Waals surface area contributed by atoms with Gasteiger partial charge in [0.15, 0.2) is 0 Å². The van der Waals surface area contributed by atoms with Gasteiger partial charge in [0.05, 0.1) is 19.3 Å². The molecule has 3 fully saturated rings. The van der Waals surface area contributed by atoms with Gasteiger partial charge in [-0.2, -0.15) is 0 Å². The number of piperidine rings is 1. The summed E-state index contributed by atoms with van der Waals surface area (Å²) in [7, 11) is 0. The van der Waals surface area contributed by atoms with Crippen LogP contribution in [0.3, 0.4) is 0 Å². The van der Waals surface area contributed by atoms with E-state index >= 15 is 0 Å². The third kappa shape index (κ3) is 3.00. The third-order valence-corrected chi connectivity index (χ3v) is 5.48. The highest BCUT2D eigenvalue weighted by molar-refractivity contribution is 5.77. The van der Waals surface area contributed by atoms with E-state index in [0.29, 0.717) is 12.0 Å². The van der Waals surface area contributed by atoms with E-state index in [2.05, 4.69) is 5.32 Å². The van der Waals surface area contributed by atoms with Gasteiger partial charge in [0, 0.05) is 13.1 Å². The maximum Gasteiger partial charge on any atom is 0.317 e. The lowest BCUT2D eigenvalue weighted by molar-refractivity contribution is -0.142. The summed E-state index contributed by atoms with van der Waals surface area (Å²) in [5, 5.41) is 11.9. The zero-order valence-corrected chi connectivity index (χ0v) is 12.3. The first kappa shape index (κ1) is 14.6. The molecule has 1 spiro atoms. The third-order valence-electron chi connectivity index (χ3n) is 5.48. The molecule has 21 heavy (non-hydrogen) atoms. The summed E-state index contributed by atoms with van der Waals surface area (Å²) in [6, 6.07) is -0.540. The number of hydrogen-bond donors (Lipinski definition) is 2. The van der Waals surface area contributed by atoms with Gasteiger partial charge in [0.2, 0.25) is 0 Å². The largest absolute Gasteiger partial charge is 0.481 e. The van der Waals surface area contributed by atoms with Crippen molar-refractivity contribution >= 4 is 12.0 Å². The molecular formula is C15H24N2O4. The Labute approximate surface area is 124 Å². The lowest BCUT2D eigenvalue weighted by Gasteiger charge is -2.39. The number of carboxylic acids is 1. The van der Waals surface area contributed by atoms with E-state index < -0.39 is 17.9 Å². The first-order valence-corrected chi connectivity index (χ1v) is 7.96. The zero-order chi connectivity index (χ0) is 14.9. The highest BCUT2D eigenvalue weighted by Crippen LogP contribution is 2.46. The standard InChI is InChI=1S/C15H24N2O4/c18-13(19)11-9-21-10-12(11)16-14(20)17-7-5-15(6-8-17)3-1-2-4-15/h11-12H,1-10H2,(H,16,20)(H,18,19). The fourth-order valence-electron chi connectivity index (χ4n) is 4.00. The van der Waals surface area contributed by atoms with Gasteiger partial charge in [0.1, 0.15) is 5.92 Å². The Morgan fingerprint density at radius 3 is 2.38 bits per heavy atom. The highest BCUT2D eigenvalue weighted by Gasteiger charge is 2.40. The fourth-order valence-corrected chi connectivity index (χ4v) is 4.00. The molecule has 2 unspecified atom stereocenters. The smallest absolute Gasteiger partial charge is 0.317 e. The molecule has 3 rings (SSSR count). The van der Waals surface area contributed by atoms with Gasteiger partial charge in [-0.25, -0.2) is 4.79 Å². The van der Waals surface area contributed by atoms with Crippen LogP contribution in [0.15, 0.2) is 0 Å². The minimum atomic E-state index is -0.902. The van der Waals surface area contributed by atoms with Gasteiger partial charge in [0.25, 0.3) is 0 Å². The van der Waals surface area contributed by atoms with E-state index in [9.17, 15) is 9.59 Å². The second kappa shape index (κ2) is 5.83. The number of carbonyl (C=O) groups is 2. The number of nitrogens with one attached hydrogen (secondary N) is 1. The maximum atomic E-state index is 12.3. The van der Waals surface area contributed by atoms with Gasteiger partial charge in [-0.3, -0.25) is 4.79 Å². The Hall–Kier alpha value is -1.30. The van der Waals surface area contributed by atoms with Gasteiger partial charge >= 0.3 is 12.0 Å². The molecule has 3 aliphatic rings. The Bertz CT molecular complexity index is 410. The average molecular weight is 296 g/mol. The van der Waals surface area contributed by atoms with Crippen molar-refractivity contribution in [1.82, 2.24) is 10.2 Å². The van der Waals surface area contributed by atoms with Crippen molar-refractivity contribution in [3.63, 3.8) is 0 Å². The van der Waals surface area contributed by atoms with Crippen molar-refractivity contribution in [2.45, 2.75) is 44.6 Å². The number of carbonyl (C=O) groups excluding carboxylic acids is 1. The molecule has 1 saturated carbocycles. The van der Waals surface area contributed by atoms with Gasteiger partial charge < -0.3 is 20.1 Å². The molecule has 0 aromatic carbocycles. The highest BCUT2D eigenvalue weighted by atomic mass is 16.5. The van der Waals surface area contributed by atoms with Crippen molar-refractivity contribution in [2.75, 3.05) is 26.3 Å². The first-order valence-electron chi connectivity index (χ1n) is 7.96. The lowest BCUT2D eigenvalue weighted by atomic mass is 9.77. The number of carboxylic acid groups (broad SMARTS) is 1. The quantitative estimate of drug-likeness (QED) is 0.808. The Morgan fingerprint density at radius 1 is 1.10 bits per heavy atom. The van der Waals surface area contributed by atoms with Crippen LogP contribution < -0.4 is 5.32 Å². The minimum absolute atomic E-state index is 0.135. The number of urea groups is 1. The number of ether oxygens (including phenoxy) is 1. The van der Waals surface area contributed by atoms with E-state index in [1.165, 1.54) is 25.7 Å². The second-order valence-corrected chi connectivity index (χ2v) is 6.73. The molecule has 0 aromatic heterocycles. The summed E-state index contributed by atoms with van der Waals surface area (Å²) < 4.78 is 5.18. The molecular weight excluding hydrogens is 272 g/mol. The Morgan fingerprint density at radius 2 is 1.76 bits per heavy atom. The van der Waals surface area contributed by atoms with Crippen molar-refractivity contribution in [3.8, 4) is 0 Å². The molecule has 2 amide bonds. The van der Waals surface area contributed by atoms with Crippen LogP contribution in [0.5, 0.6) is 0 Å².